The number of ketones is 2. The molecule has 0 amide bonds. The molecular formula is C18H20O2. The van der Waals surface area contributed by atoms with E-state index in [1.54, 1.807) is 20.8 Å². The largest absolute Gasteiger partial charge is 0.289 e. The zero-order valence-electron chi connectivity index (χ0n) is 12.5. The van der Waals surface area contributed by atoms with Crippen molar-refractivity contribution < 1.29 is 9.59 Å². The highest BCUT2D eigenvalue weighted by molar-refractivity contribution is 6.24. The van der Waals surface area contributed by atoms with E-state index in [4.69, 9.17) is 0 Å². The molecule has 1 aliphatic rings. The molecule has 0 saturated heterocycles. The standard InChI is InChI=1S/C18H20O2/c1-5-14-6-8-15(9-7-14)10-16-13(4)17(19)11(2)12(3)18(16)20/h6-9H,5,10H2,1-4H3. The molecule has 0 radical (unpaired) electrons. The Morgan fingerprint density at radius 2 is 1.25 bits per heavy atom. The van der Waals surface area contributed by atoms with Crippen molar-refractivity contribution in [3.63, 3.8) is 0 Å². The van der Waals surface area contributed by atoms with Crippen molar-refractivity contribution in [3.8, 4) is 0 Å². The molecule has 104 valence electrons. The predicted octanol–water partition coefficient (Wildman–Crippen LogP) is 3.60. The Kier molecular flexibility index (Phi) is 4.03. The monoisotopic (exact) mass is 268 g/mol. The lowest BCUT2D eigenvalue weighted by Crippen LogP contribution is -2.21. The van der Waals surface area contributed by atoms with Gasteiger partial charge < -0.3 is 0 Å². The molecule has 2 heteroatoms. The minimum Gasteiger partial charge on any atom is -0.289 e. The van der Waals surface area contributed by atoms with Crippen LogP contribution >= 0.6 is 0 Å². The average Bonchev–Trinajstić information content (AvgIpc) is 2.48. The molecule has 0 spiro atoms. The van der Waals surface area contributed by atoms with E-state index >= 15 is 0 Å². The molecule has 0 bridgehead atoms. The van der Waals surface area contributed by atoms with Gasteiger partial charge in [-0.3, -0.25) is 9.59 Å². The van der Waals surface area contributed by atoms with Gasteiger partial charge in [0.2, 0.25) is 0 Å². The summed E-state index contributed by atoms with van der Waals surface area (Å²) in [5.41, 5.74) is 4.75. The van der Waals surface area contributed by atoms with Gasteiger partial charge in [0.1, 0.15) is 0 Å². The van der Waals surface area contributed by atoms with Gasteiger partial charge in [-0.2, -0.15) is 0 Å². The minimum atomic E-state index is 0.00211. The van der Waals surface area contributed by atoms with Crippen LogP contribution in [0.4, 0.5) is 0 Å². The highest BCUT2D eigenvalue weighted by Gasteiger charge is 2.27. The maximum absolute atomic E-state index is 12.4. The molecule has 0 aliphatic heterocycles. The second kappa shape index (κ2) is 5.58. The Morgan fingerprint density at radius 3 is 1.80 bits per heavy atom. The highest BCUT2D eigenvalue weighted by Crippen LogP contribution is 2.26. The first kappa shape index (κ1) is 14.4. The zero-order chi connectivity index (χ0) is 14.9. The minimum absolute atomic E-state index is 0.00211. The third-order valence-electron chi connectivity index (χ3n) is 4.12. The van der Waals surface area contributed by atoms with Gasteiger partial charge in [-0.15, -0.1) is 0 Å². The molecule has 1 aromatic carbocycles. The number of Topliss-reactive ketones (excluding diaryl/α,β-unsaturated/α-hetero) is 2. The first-order valence-corrected chi connectivity index (χ1v) is 7.00. The Morgan fingerprint density at radius 1 is 0.750 bits per heavy atom. The molecule has 0 atom stereocenters. The molecule has 0 N–H and O–H groups in total. The van der Waals surface area contributed by atoms with E-state index in [0.717, 1.165) is 12.0 Å². The van der Waals surface area contributed by atoms with Crippen LogP contribution < -0.4 is 0 Å². The topological polar surface area (TPSA) is 34.1 Å². The van der Waals surface area contributed by atoms with E-state index in [0.29, 0.717) is 28.7 Å². The number of benzene rings is 1. The number of carbonyl (C=O) groups excluding carboxylic acids is 2. The normalized spacial score (nSPS) is 16.2. The van der Waals surface area contributed by atoms with Crippen LogP contribution in [0.5, 0.6) is 0 Å². The van der Waals surface area contributed by atoms with Crippen LogP contribution in [0.1, 0.15) is 38.8 Å². The van der Waals surface area contributed by atoms with Crippen molar-refractivity contribution in [2.45, 2.75) is 40.5 Å². The van der Waals surface area contributed by atoms with E-state index in [-0.39, 0.29) is 11.6 Å². The molecule has 1 aliphatic carbocycles. The lowest BCUT2D eigenvalue weighted by atomic mass is 9.83. The van der Waals surface area contributed by atoms with Crippen molar-refractivity contribution in [2.75, 3.05) is 0 Å². The third kappa shape index (κ3) is 2.51. The second-order valence-corrected chi connectivity index (χ2v) is 5.36. The quantitative estimate of drug-likeness (QED) is 0.785. The maximum Gasteiger partial charge on any atom is 0.185 e. The SMILES string of the molecule is CCc1ccc(CC2=C(C)C(=O)C(C)=C(C)C2=O)cc1. The summed E-state index contributed by atoms with van der Waals surface area (Å²) >= 11 is 0. The van der Waals surface area contributed by atoms with Gasteiger partial charge in [-0.05, 0) is 38.3 Å². The lowest BCUT2D eigenvalue weighted by molar-refractivity contribution is -0.116. The molecule has 0 saturated carbocycles. The van der Waals surface area contributed by atoms with Crippen molar-refractivity contribution in [1.29, 1.82) is 0 Å². The van der Waals surface area contributed by atoms with Crippen molar-refractivity contribution in [3.05, 3.63) is 57.7 Å². The first-order chi connectivity index (χ1) is 9.45. The molecule has 1 aromatic rings. The first-order valence-electron chi connectivity index (χ1n) is 7.00. The van der Waals surface area contributed by atoms with Crippen LogP contribution in [0, 0.1) is 0 Å². The van der Waals surface area contributed by atoms with Crippen LogP contribution in [0.3, 0.4) is 0 Å². The Hall–Kier alpha value is -1.96. The summed E-state index contributed by atoms with van der Waals surface area (Å²) in [6.07, 6.45) is 1.53. The Bertz CT molecular complexity index is 628. The van der Waals surface area contributed by atoms with E-state index in [2.05, 4.69) is 19.1 Å². The summed E-state index contributed by atoms with van der Waals surface area (Å²) in [4.78, 5) is 24.5. The summed E-state index contributed by atoms with van der Waals surface area (Å²) in [5.74, 6) is 0.0152. The molecule has 0 aromatic heterocycles. The van der Waals surface area contributed by atoms with Gasteiger partial charge in [0, 0.05) is 28.7 Å². The average molecular weight is 268 g/mol. The lowest BCUT2D eigenvalue weighted by Gasteiger charge is -2.18. The van der Waals surface area contributed by atoms with Crippen LogP contribution in [-0.2, 0) is 22.4 Å². The predicted molar refractivity (Wildman–Crippen MR) is 80.6 cm³/mol. The van der Waals surface area contributed by atoms with Crippen LogP contribution in [-0.4, -0.2) is 11.6 Å². The van der Waals surface area contributed by atoms with E-state index < -0.39 is 0 Å². The van der Waals surface area contributed by atoms with Crippen LogP contribution in [0.15, 0.2) is 46.6 Å². The molecule has 0 fully saturated rings. The fourth-order valence-electron chi connectivity index (χ4n) is 2.47. The van der Waals surface area contributed by atoms with Gasteiger partial charge in [0.05, 0.1) is 0 Å². The highest BCUT2D eigenvalue weighted by atomic mass is 16.1. The number of hydrogen-bond donors (Lipinski definition) is 0. The summed E-state index contributed by atoms with van der Waals surface area (Å²) in [6.45, 7) is 7.34. The number of carbonyl (C=O) groups is 2. The van der Waals surface area contributed by atoms with Gasteiger partial charge in [0.15, 0.2) is 11.6 Å². The van der Waals surface area contributed by atoms with Gasteiger partial charge in [0.25, 0.3) is 0 Å². The van der Waals surface area contributed by atoms with E-state index in [1.165, 1.54) is 5.56 Å². The van der Waals surface area contributed by atoms with E-state index in [9.17, 15) is 9.59 Å². The summed E-state index contributed by atoms with van der Waals surface area (Å²) in [5, 5.41) is 0. The molecule has 2 rings (SSSR count). The van der Waals surface area contributed by atoms with Crippen molar-refractivity contribution in [2.24, 2.45) is 0 Å². The number of hydrogen-bond acceptors (Lipinski definition) is 2. The maximum atomic E-state index is 12.4. The summed E-state index contributed by atoms with van der Waals surface area (Å²) < 4.78 is 0. The Labute approximate surface area is 120 Å². The van der Waals surface area contributed by atoms with Gasteiger partial charge in [-0.1, -0.05) is 31.2 Å². The number of allylic oxidation sites excluding steroid dienone is 4. The molecule has 20 heavy (non-hydrogen) atoms. The molecular weight excluding hydrogens is 248 g/mol. The van der Waals surface area contributed by atoms with Crippen LogP contribution in [0.25, 0.3) is 0 Å². The Balaban J connectivity index is 2.32. The fourth-order valence-corrected chi connectivity index (χ4v) is 2.47. The van der Waals surface area contributed by atoms with Crippen molar-refractivity contribution in [1.82, 2.24) is 0 Å². The number of rotatable bonds is 3. The summed E-state index contributed by atoms with van der Waals surface area (Å²) in [7, 11) is 0. The van der Waals surface area contributed by atoms with Crippen molar-refractivity contribution >= 4 is 11.6 Å². The fraction of sp³-hybridized carbons (Fsp3) is 0.333. The zero-order valence-corrected chi connectivity index (χ0v) is 12.5. The smallest absolute Gasteiger partial charge is 0.185 e. The third-order valence-corrected chi connectivity index (χ3v) is 4.12. The molecule has 2 nitrogen and oxygen atoms in total. The second-order valence-electron chi connectivity index (χ2n) is 5.36. The van der Waals surface area contributed by atoms with E-state index in [1.807, 2.05) is 12.1 Å². The van der Waals surface area contributed by atoms with Crippen LogP contribution in [0.2, 0.25) is 0 Å². The molecule has 0 unspecified atom stereocenters. The molecule has 0 heterocycles. The van der Waals surface area contributed by atoms with Gasteiger partial charge >= 0.3 is 0 Å². The number of aryl methyl sites for hydroxylation is 1. The summed E-state index contributed by atoms with van der Waals surface area (Å²) in [6, 6.07) is 8.23. The van der Waals surface area contributed by atoms with Gasteiger partial charge in [-0.25, -0.2) is 0 Å².